The molecule has 2 heterocycles. The van der Waals surface area contributed by atoms with Gasteiger partial charge in [0.1, 0.15) is 5.60 Å². The first-order chi connectivity index (χ1) is 10.1. The Labute approximate surface area is 124 Å². The van der Waals surface area contributed by atoms with Crippen molar-refractivity contribution in [3.63, 3.8) is 0 Å². The van der Waals surface area contributed by atoms with Crippen LogP contribution in [0.4, 0.5) is 0 Å². The molecule has 1 aliphatic carbocycles. The Morgan fingerprint density at radius 2 is 2.33 bits per heavy atom. The number of β-amino-alcohol motifs (C(OH)–C–C–N with tert-alkyl or cyclic N) is 1. The lowest BCUT2D eigenvalue weighted by Gasteiger charge is -2.25. The number of nitrogens with zero attached hydrogens (tertiary/aromatic N) is 5. The Kier molecular flexibility index (Phi) is 3.95. The van der Waals surface area contributed by atoms with Crippen LogP contribution in [0.15, 0.2) is 12.4 Å². The number of hydrogen-bond donors (Lipinski definition) is 1. The quantitative estimate of drug-likeness (QED) is 0.781. The summed E-state index contributed by atoms with van der Waals surface area (Å²) in [6.07, 6.45) is 6.33. The first kappa shape index (κ1) is 14.5. The largest absolute Gasteiger partial charge is 0.386 e. The maximum atomic E-state index is 12.4. The normalized spacial score (nSPS) is 25.8. The minimum Gasteiger partial charge on any atom is -0.386 e. The molecule has 0 aromatic carbocycles. The van der Waals surface area contributed by atoms with Crippen LogP contribution in [-0.2, 0) is 11.3 Å². The lowest BCUT2D eigenvalue weighted by Crippen LogP contribution is -2.43. The second-order valence-electron chi connectivity index (χ2n) is 6.18. The lowest BCUT2D eigenvalue weighted by molar-refractivity contribution is -0.132. The van der Waals surface area contributed by atoms with E-state index >= 15 is 0 Å². The highest BCUT2D eigenvalue weighted by Crippen LogP contribution is 2.27. The van der Waals surface area contributed by atoms with Gasteiger partial charge in [0.25, 0.3) is 0 Å². The van der Waals surface area contributed by atoms with E-state index in [1.807, 2.05) is 0 Å². The van der Waals surface area contributed by atoms with Crippen molar-refractivity contribution in [1.82, 2.24) is 24.8 Å². The molecule has 116 valence electrons. The summed E-state index contributed by atoms with van der Waals surface area (Å²) in [5, 5.41) is 18.2. The molecule has 1 N–H and O–H groups in total. The number of amides is 1. The molecule has 0 bridgehead atoms. The van der Waals surface area contributed by atoms with Gasteiger partial charge < -0.3 is 10.0 Å². The number of aliphatic hydroxyl groups is 1. The minimum atomic E-state index is -0.889. The number of carbonyl (C=O) groups is 1. The van der Waals surface area contributed by atoms with E-state index in [0.717, 1.165) is 6.54 Å². The van der Waals surface area contributed by atoms with Crippen molar-refractivity contribution >= 4 is 5.91 Å². The smallest absolute Gasteiger partial charge is 0.236 e. The van der Waals surface area contributed by atoms with Gasteiger partial charge in [-0.1, -0.05) is 12.1 Å². The summed E-state index contributed by atoms with van der Waals surface area (Å²) >= 11 is 0. The Hall–Kier alpha value is -1.47. The number of carbonyl (C=O) groups excluding carboxylic acids is 1. The molecule has 1 atom stereocenters. The topological polar surface area (TPSA) is 74.5 Å². The molecule has 2 aliphatic rings. The van der Waals surface area contributed by atoms with Crippen LogP contribution >= 0.6 is 0 Å². The second-order valence-corrected chi connectivity index (χ2v) is 6.18. The van der Waals surface area contributed by atoms with E-state index in [4.69, 9.17) is 0 Å². The van der Waals surface area contributed by atoms with Crippen LogP contribution in [0, 0.1) is 0 Å². The lowest BCUT2D eigenvalue weighted by atomic mass is 10.0. The zero-order chi connectivity index (χ0) is 14.9. The van der Waals surface area contributed by atoms with Gasteiger partial charge in [0.2, 0.25) is 5.91 Å². The average Bonchev–Trinajstić information content (AvgIpc) is 3.05. The molecule has 7 heteroatoms. The van der Waals surface area contributed by atoms with Gasteiger partial charge in [-0.25, -0.2) is 4.68 Å². The van der Waals surface area contributed by atoms with Crippen molar-refractivity contribution in [3.8, 4) is 0 Å². The fourth-order valence-electron chi connectivity index (χ4n) is 3.03. The van der Waals surface area contributed by atoms with Crippen LogP contribution in [0.2, 0.25) is 0 Å². The number of likely N-dealkylation sites (N-methyl/N-ethyl adjacent to an activating group) is 1. The van der Waals surface area contributed by atoms with E-state index in [1.165, 1.54) is 12.8 Å². The summed E-state index contributed by atoms with van der Waals surface area (Å²) in [4.78, 5) is 16.4. The first-order valence-electron chi connectivity index (χ1n) is 7.68. The molecule has 0 spiro atoms. The summed E-state index contributed by atoms with van der Waals surface area (Å²) in [6, 6.07) is 0.593. The van der Waals surface area contributed by atoms with Gasteiger partial charge in [-0.05, 0) is 25.8 Å². The van der Waals surface area contributed by atoms with Crippen molar-refractivity contribution in [2.75, 3.05) is 26.2 Å². The average molecular weight is 293 g/mol. The zero-order valence-electron chi connectivity index (χ0n) is 12.5. The zero-order valence-corrected chi connectivity index (χ0v) is 12.5. The molecule has 1 saturated carbocycles. The molecule has 1 saturated heterocycles. The van der Waals surface area contributed by atoms with Crippen molar-refractivity contribution < 1.29 is 9.90 Å². The van der Waals surface area contributed by atoms with Crippen molar-refractivity contribution in [1.29, 1.82) is 0 Å². The molecule has 7 nitrogen and oxygen atoms in total. The fourth-order valence-corrected chi connectivity index (χ4v) is 3.03. The third-order valence-electron chi connectivity index (χ3n) is 4.42. The Balaban J connectivity index is 1.54. The molecule has 2 fully saturated rings. The summed E-state index contributed by atoms with van der Waals surface area (Å²) in [5.74, 6) is 0.123. The van der Waals surface area contributed by atoms with Crippen molar-refractivity contribution in [2.45, 2.75) is 44.4 Å². The maximum absolute atomic E-state index is 12.4. The van der Waals surface area contributed by atoms with E-state index < -0.39 is 5.60 Å². The summed E-state index contributed by atoms with van der Waals surface area (Å²) in [7, 11) is 0. The van der Waals surface area contributed by atoms with Crippen molar-refractivity contribution in [2.24, 2.45) is 0 Å². The number of rotatable bonds is 6. The Bertz CT molecular complexity index is 488. The van der Waals surface area contributed by atoms with Crippen LogP contribution in [-0.4, -0.2) is 73.6 Å². The molecule has 1 aromatic rings. The molecule has 1 amide bonds. The van der Waals surface area contributed by atoms with E-state index in [2.05, 4.69) is 22.1 Å². The monoisotopic (exact) mass is 293 g/mol. The molecular weight excluding hydrogens is 270 g/mol. The molecule has 3 rings (SSSR count). The third kappa shape index (κ3) is 3.41. The van der Waals surface area contributed by atoms with Gasteiger partial charge in [0.05, 0.1) is 25.8 Å². The predicted octanol–water partition coefficient (Wildman–Crippen LogP) is -0.274. The van der Waals surface area contributed by atoms with E-state index in [-0.39, 0.29) is 5.91 Å². The second kappa shape index (κ2) is 5.73. The van der Waals surface area contributed by atoms with Crippen LogP contribution in [0.25, 0.3) is 0 Å². The first-order valence-corrected chi connectivity index (χ1v) is 7.68. The standard InChI is InChI=1S/C14H23N5O2/c1-2-17(12-3-4-12)9-13(20)18-7-5-14(21,10-18)11-19-8-6-15-16-19/h6,8,12,21H,2-5,7,9-11H2,1H3. The van der Waals surface area contributed by atoms with Gasteiger partial charge in [0.15, 0.2) is 0 Å². The minimum absolute atomic E-state index is 0.123. The molecule has 21 heavy (non-hydrogen) atoms. The van der Waals surface area contributed by atoms with Crippen molar-refractivity contribution in [3.05, 3.63) is 12.4 Å². The highest BCUT2D eigenvalue weighted by Gasteiger charge is 2.39. The van der Waals surface area contributed by atoms with Gasteiger partial charge in [0, 0.05) is 18.8 Å². The summed E-state index contributed by atoms with van der Waals surface area (Å²) < 4.78 is 1.62. The number of likely N-dealkylation sites (tertiary alicyclic amines) is 1. The predicted molar refractivity (Wildman–Crippen MR) is 76.4 cm³/mol. The van der Waals surface area contributed by atoms with Crippen LogP contribution in [0.3, 0.4) is 0 Å². The highest BCUT2D eigenvalue weighted by atomic mass is 16.3. The van der Waals surface area contributed by atoms with E-state index in [0.29, 0.717) is 38.6 Å². The van der Waals surface area contributed by atoms with Gasteiger partial charge >= 0.3 is 0 Å². The summed E-state index contributed by atoms with van der Waals surface area (Å²) in [5.41, 5.74) is -0.889. The van der Waals surface area contributed by atoms with Crippen LogP contribution < -0.4 is 0 Å². The third-order valence-corrected chi connectivity index (χ3v) is 4.42. The Morgan fingerprint density at radius 1 is 1.52 bits per heavy atom. The maximum Gasteiger partial charge on any atom is 0.236 e. The fraction of sp³-hybridized carbons (Fsp3) is 0.786. The molecular formula is C14H23N5O2. The number of aromatic nitrogens is 3. The van der Waals surface area contributed by atoms with E-state index in [9.17, 15) is 9.90 Å². The molecule has 1 unspecified atom stereocenters. The summed E-state index contributed by atoms with van der Waals surface area (Å²) in [6.45, 7) is 4.86. The van der Waals surface area contributed by atoms with Gasteiger partial charge in [-0.2, -0.15) is 0 Å². The highest BCUT2D eigenvalue weighted by molar-refractivity contribution is 5.78. The van der Waals surface area contributed by atoms with Gasteiger partial charge in [-0.15, -0.1) is 5.10 Å². The van der Waals surface area contributed by atoms with Crippen LogP contribution in [0.5, 0.6) is 0 Å². The molecule has 0 radical (unpaired) electrons. The van der Waals surface area contributed by atoms with Crippen LogP contribution in [0.1, 0.15) is 26.2 Å². The number of hydrogen-bond acceptors (Lipinski definition) is 5. The van der Waals surface area contributed by atoms with E-state index in [1.54, 1.807) is 22.0 Å². The SMILES string of the molecule is CCN(CC(=O)N1CCC(O)(Cn2ccnn2)C1)C1CC1. The molecule has 1 aromatic heterocycles. The Morgan fingerprint density at radius 3 is 2.95 bits per heavy atom. The molecule has 1 aliphatic heterocycles. The van der Waals surface area contributed by atoms with Gasteiger partial charge in [-0.3, -0.25) is 9.69 Å².